The summed E-state index contributed by atoms with van der Waals surface area (Å²) in [4.78, 5) is 57.8. The lowest BCUT2D eigenvalue weighted by molar-refractivity contribution is -0.122. The minimum Gasteiger partial charge on any atom is -0.383 e. The number of Topliss-reactive ketones (excluding diaryl/α,β-unsaturated/α-hetero) is 1. The quantitative estimate of drug-likeness (QED) is 0.329. The van der Waals surface area contributed by atoms with Crippen LogP contribution in [0.25, 0.3) is 11.1 Å². The van der Waals surface area contributed by atoms with Gasteiger partial charge in [-0.2, -0.15) is 0 Å². The Hall–Kier alpha value is -4.05. The number of fused-ring (bicyclic) bond motifs is 3. The standard InChI is InChI=1S/C32H28Cl2N4O5/c1-18(17-43-2)38-30(41)23(22-5-3-7-25(33)29(22)34)15-37(31(38)42)16-28(40)36-21-9-8-19-13-32(14-20(19)11-21)24-6-4-10-35-26(24)12-27(32)39/h3-11,15,18H,12-14,16-17H2,1-2H3,(H,36,40)/t18-,32-/m1/s1. The normalized spacial score (nSPS) is 17.6. The second-order valence-electron chi connectivity index (χ2n) is 11.1. The van der Waals surface area contributed by atoms with Crippen LogP contribution in [0.1, 0.15) is 35.3 Å². The lowest BCUT2D eigenvalue weighted by Crippen LogP contribution is -2.44. The van der Waals surface area contributed by atoms with E-state index >= 15 is 0 Å². The van der Waals surface area contributed by atoms with Crippen molar-refractivity contribution < 1.29 is 14.3 Å². The van der Waals surface area contributed by atoms with Gasteiger partial charge in [0.2, 0.25) is 5.91 Å². The Balaban J connectivity index is 1.29. The number of rotatable bonds is 7. The van der Waals surface area contributed by atoms with E-state index < -0.39 is 28.6 Å². The molecule has 220 valence electrons. The highest BCUT2D eigenvalue weighted by Gasteiger charge is 2.50. The number of aromatic nitrogens is 3. The van der Waals surface area contributed by atoms with Crippen LogP contribution in [0.5, 0.6) is 0 Å². The van der Waals surface area contributed by atoms with Gasteiger partial charge in [-0.15, -0.1) is 0 Å². The minimum atomic E-state index is -0.658. The van der Waals surface area contributed by atoms with Crippen LogP contribution in [0.15, 0.2) is 70.5 Å². The topological polar surface area (TPSA) is 112 Å². The number of amides is 1. The summed E-state index contributed by atoms with van der Waals surface area (Å²) in [5.41, 5.74) is 3.03. The third-order valence-corrected chi connectivity index (χ3v) is 9.15. The van der Waals surface area contributed by atoms with Crippen LogP contribution in [-0.4, -0.2) is 39.5 Å². The number of halogens is 2. The molecule has 1 N–H and O–H groups in total. The van der Waals surface area contributed by atoms with Gasteiger partial charge in [-0.25, -0.2) is 4.79 Å². The monoisotopic (exact) mass is 618 g/mol. The molecule has 0 radical (unpaired) electrons. The summed E-state index contributed by atoms with van der Waals surface area (Å²) in [7, 11) is 1.47. The van der Waals surface area contributed by atoms with Gasteiger partial charge in [0.25, 0.3) is 5.56 Å². The second kappa shape index (κ2) is 11.2. The third-order valence-electron chi connectivity index (χ3n) is 8.33. The molecule has 0 saturated heterocycles. The fraction of sp³-hybridized carbons (Fsp3) is 0.281. The fourth-order valence-corrected chi connectivity index (χ4v) is 6.72. The van der Waals surface area contributed by atoms with Crippen molar-refractivity contribution in [3.05, 3.63) is 114 Å². The van der Waals surface area contributed by atoms with Crippen molar-refractivity contribution >= 4 is 40.6 Å². The Morgan fingerprint density at radius 2 is 1.86 bits per heavy atom. The molecule has 0 unspecified atom stereocenters. The first-order valence-corrected chi connectivity index (χ1v) is 14.6. The van der Waals surface area contributed by atoms with Gasteiger partial charge in [0, 0.05) is 37.2 Å². The summed E-state index contributed by atoms with van der Waals surface area (Å²) in [5, 5.41) is 3.29. The lowest BCUT2D eigenvalue weighted by Gasteiger charge is -2.22. The molecule has 2 aromatic carbocycles. The van der Waals surface area contributed by atoms with E-state index in [4.69, 9.17) is 27.9 Å². The van der Waals surface area contributed by atoms with Gasteiger partial charge in [-0.05, 0) is 60.7 Å². The number of nitrogens with one attached hydrogen (secondary N) is 1. The number of pyridine rings is 1. The predicted molar refractivity (Wildman–Crippen MR) is 164 cm³/mol. The van der Waals surface area contributed by atoms with Crippen LogP contribution in [0.2, 0.25) is 10.0 Å². The van der Waals surface area contributed by atoms with Crippen LogP contribution in [-0.2, 0) is 45.5 Å². The molecule has 4 aromatic rings. The number of methoxy groups -OCH3 is 1. The Labute approximate surface area is 257 Å². The molecule has 0 aliphatic heterocycles. The van der Waals surface area contributed by atoms with Crippen LogP contribution in [0.3, 0.4) is 0 Å². The molecule has 2 heterocycles. The first-order chi connectivity index (χ1) is 20.6. The van der Waals surface area contributed by atoms with Crippen LogP contribution in [0.4, 0.5) is 5.69 Å². The van der Waals surface area contributed by atoms with Gasteiger partial charge >= 0.3 is 5.69 Å². The predicted octanol–water partition coefficient (Wildman–Crippen LogP) is 4.39. The molecule has 2 aliphatic rings. The molecule has 1 amide bonds. The number of benzene rings is 2. The summed E-state index contributed by atoms with van der Waals surface area (Å²) in [6.07, 6.45) is 4.51. The zero-order valence-electron chi connectivity index (χ0n) is 23.5. The molecule has 0 fully saturated rings. The Kier molecular flexibility index (Phi) is 7.58. The highest BCUT2D eigenvalue weighted by molar-refractivity contribution is 6.43. The molecule has 0 saturated carbocycles. The second-order valence-corrected chi connectivity index (χ2v) is 11.9. The average molecular weight is 620 g/mol. The molecule has 1 spiro atoms. The van der Waals surface area contributed by atoms with Crippen LogP contribution < -0.4 is 16.6 Å². The summed E-state index contributed by atoms with van der Waals surface area (Å²) in [5.74, 6) is -0.301. The number of carbonyl (C=O) groups excluding carboxylic acids is 2. The van der Waals surface area contributed by atoms with E-state index in [-0.39, 0.29) is 34.5 Å². The first-order valence-electron chi connectivity index (χ1n) is 13.8. The lowest BCUT2D eigenvalue weighted by atomic mass is 9.78. The van der Waals surface area contributed by atoms with Crippen molar-refractivity contribution in [1.29, 1.82) is 0 Å². The Bertz CT molecular complexity index is 1920. The van der Waals surface area contributed by atoms with E-state index in [1.807, 2.05) is 24.3 Å². The van der Waals surface area contributed by atoms with Crippen molar-refractivity contribution in [1.82, 2.24) is 14.1 Å². The van der Waals surface area contributed by atoms with Crippen molar-refractivity contribution in [2.24, 2.45) is 0 Å². The van der Waals surface area contributed by atoms with Crippen LogP contribution in [0, 0.1) is 0 Å². The maximum absolute atomic E-state index is 13.5. The van der Waals surface area contributed by atoms with E-state index in [0.717, 1.165) is 27.0 Å². The molecular formula is C32H28Cl2N4O5. The van der Waals surface area contributed by atoms with E-state index in [1.54, 1.807) is 37.4 Å². The van der Waals surface area contributed by atoms with Crippen molar-refractivity contribution in [3.8, 4) is 11.1 Å². The maximum atomic E-state index is 13.5. The number of hydrogen-bond acceptors (Lipinski definition) is 6. The molecule has 9 nitrogen and oxygen atoms in total. The number of carbonyl (C=O) groups is 2. The molecule has 11 heteroatoms. The summed E-state index contributed by atoms with van der Waals surface area (Å²) >= 11 is 12.6. The highest BCUT2D eigenvalue weighted by Crippen LogP contribution is 2.46. The van der Waals surface area contributed by atoms with Gasteiger partial charge in [-0.1, -0.05) is 47.5 Å². The number of hydrogen-bond donors (Lipinski definition) is 1. The summed E-state index contributed by atoms with van der Waals surface area (Å²) in [6, 6.07) is 13.7. The first kappa shape index (κ1) is 29.0. The number of ketones is 1. The van der Waals surface area contributed by atoms with E-state index in [2.05, 4.69) is 10.3 Å². The molecule has 2 atom stereocenters. The number of ether oxygens (including phenoxy) is 1. The smallest absolute Gasteiger partial charge is 0.331 e. The van der Waals surface area contributed by atoms with E-state index in [9.17, 15) is 19.2 Å². The average Bonchev–Trinajstić information content (AvgIpc) is 3.49. The number of anilines is 1. The Morgan fingerprint density at radius 1 is 1.07 bits per heavy atom. The highest BCUT2D eigenvalue weighted by atomic mass is 35.5. The largest absolute Gasteiger partial charge is 0.383 e. The van der Waals surface area contributed by atoms with E-state index in [1.165, 1.54) is 17.9 Å². The minimum absolute atomic E-state index is 0.105. The van der Waals surface area contributed by atoms with Crippen molar-refractivity contribution in [2.75, 3.05) is 19.0 Å². The number of nitrogens with zero attached hydrogens (tertiary/aromatic N) is 3. The molecular weight excluding hydrogens is 591 g/mol. The van der Waals surface area contributed by atoms with Gasteiger partial charge in [0.1, 0.15) is 12.3 Å². The zero-order valence-corrected chi connectivity index (χ0v) is 25.0. The molecule has 43 heavy (non-hydrogen) atoms. The summed E-state index contributed by atoms with van der Waals surface area (Å²) < 4.78 is 7.43. The van der Waals surface area contributed by atoms with Gasteiger partial charge < -0.3 is 10.1 Å². The van der Waals surface area contributed by atoms with Crippen molar-refractivity contribution in [2.45, 2.75) is 44.2 Å². The Morgan fingerprint density at radius 3 is 2.65 bits per heavy atom. The zero-order chi connectivity index (χ0) is 30.5. The molecule has 2 aromatic heterocycles. The van der Waals surface area contributed by atoms with Crippen molar-refractivity contribution in [3.63, 3.8) is 0 Å². The van der Waals surface area contributed by atoms with Crippen LogP contribution >= 0.6 is 23.2 Å². The summed E-state index contributed by atoms with van der Waals surface area (Å²) in [6.45, 7) is 1.43. The fourth-order valence-electron chi connectivity index (χ4n) is 6.32. The van der Waals surface area contributed by atoms with Gasteiger partial charge in [-0.3, -0.25) is 28.5 Å². The maximum Gasteiger partial charge on any atom is 0.331 e. The molecule has 0 bridgehead atoms. The van der Waals surface area contributed by atoms with Gasteiger partial charge in [0.05, 0.1) is 39.4 Å². The van der Waals surface area contributed by atoms with E-state index in [0.29, 0.717) is 30.5 Å². The SMILES string of the molecule is COC[C@@H](C)n1c(=O)c(-c2cccc(Cl)c2Cl)cn(CC(=O)Nc2ccc3c(c2)C[C@@]2(C3)C(=O)Cc3ncccc32)c1=O. The molecule has 6 rings (SSSR count). The third kappa shape index (κ3) is 5.01. The van der Waals surface area contributed by atoms with Gasteiger partial charge in [0.15, 0.2) is 0 Å². The molecule has 2 aliphatic carbocycles.